The lowest BCUT2D eigenvalue weighted by atomic mass is 10.0. The van der Waals surface area contributed by atoms with Crippen molar-refractivity contribution < 1.29 is 14.3 Å². The number of hydrogen-bond donors (Lipinski definition) is 1. The van der Waals surface area contributed by atoms with E-state index >= 15 is 0 Å². The molecule has 25 heavy (non-hydrogen) atoms. The Labute approximate surface area is 146 Å². The molecule has 6 heteroatoms. The average Bonchev–Trinajstić information content (AvgIpc) is 3.17. The van der Waals surface area contributed by atoms with Crippen LogP contribution in [0.2, 0.25) is 0 Å². The smallest absolute Gasteiger partial charge is 0.254 e. The Balaban J connectivity index is 1.60. The van der Waals surface area contributed by atoms with Crippen molar-refractivity contribution >= 4 is 11.7 Å². The van der Waals surface area contributed by atoms with E-state index in [4.69, 9.17) is 9.47 Å². The van der Waals surface area contributed by atoms with E-state index in [0.29, 0.717) is 30.3 Å². The number of ether oxygens (including phenoxy) is 2. The lowest BCUT2D eigenvalue weighted by Gasteiger charge is -2.26. The molecule has 1 N–H and O–H groups in total. The summed E-state index contributed by atoms with van der Waals surface area (Å²) in [6, 6.07) is 9.50. The van der Waals surface area contributed by atoms with Crippen molar-refractivity contribution in [3.63, 3.8) is 0 Å². The summed E-state index contributed by atoms with van der Waals surface area (Å²) in [5, 5.41) is 3.06. The molecule has 1 amide bonds. The number of carbonyl (C=O) groups excluding carboxylic acids is 1. The lowest BCUT2D eigenvalue weighted by molar-refractivity contribution is 0.0734. The zero-order chi connectivity index (χ0) is 17.2. The van der Waals surface area contributed by atoms with Gasteiger partial charge in [0, 0.05) is 25.4 Å². The lowest BCUT2D eigenvalue weighted by Crippen LogP contribution is -2.30. The Morgan fingerprint density at radius 2 is 2.04 bits per heavy atom. The van der Waals surface area contributed by atoms with Crippen LogP contribution in [0.4, 0.5) is 5.82 Å². The molecule has 0 aliphatic carbocycles. The predicted octanol–water partition coefficient (Wildman–Crippen LogP) is 2.87. The fraction of sp³-hybridized carbons (Fsp3) is 0.368. The first kappa shape index (κ1) is 15.7. The summed E-state index contributed by atoms with van der Waals surface area (Å²) >= 11 is 0. The van der Waals surface area contributed by atoms with Gasteiger partial charge in [-0.25, -0.2) is 4.98 Å². The number of nitrogens with one attached hydrogen (secondary N) is 1. The predicted molar refractivity (Wildman–Crippen MR) is 94.2 cm³/mol. The monoisotopic (exact) mass is 339 g/mol. The third kappa shape index (κ3) is 2.99. The van der Waals surface area contributed by atoms with Crippen molar-refractivity contribution in [2.24, 2.45) is 0 Å². The van der Waals surface area contributed by atoms with Crippen LogP contribution in [-0.2, 0) is 0 Å². The maximum Gasteiger partial charge on any atom is 0.254 e. The minimum Gasteiger partial charge on any atom is -0.486 e. The summed E-state index contributed by atoms with van der Waals surface area (Å²) in [5.74, 6) is 2.20. The Hall–Kier alpha value is -2.76. The molecular weight excluding hydrogens is 318 g/mol. The van der Waals surface area contributed by atoms with E-state index in [2.05, 4.69) is 10.3 Å². The van der Waals surface area contributed by atoms with Crippen LogP contribution in [0.25, 0.3) is 0 Å². The van der Waals surface area contributed by atoms with Crippen molar-refractivity contribution in [2.45, 2.75) is 18.9 Å². The van der Waals surface area contributed by atoms with E-state index in [0.717, 1.165) is 30.8 Å². The molecule has 6 nitrogen and oxygen atoms in total. The Bertz CT molecular complexity index is 793. The standard InChI is InChI=1S/C19H21N3O3/c1-20-18-12-13(6-7-21-18)15-3-2-8-22(15)19(23)14-4-5-16-17(11-14)25-10-9-24-16/h4-7,11-12,15H,2-3,8-10H2,1H3,(H,20,21)/t15-/m1/s1. The second kappa shape index (κ2) is 6.63. The fourth-order valence-corrected chi connectivity index (χ4v) is 3.49. The third-order valence-corrected chi connectivity index (χ3v) is 4.73. The van der Waals surface area contributed by atoms with Gasteiger partial charge in [0.25, 0.3) is 5.91 Å². The Kier molecular flexibility index (Phi) is 4.17. The van der Waals surface area contributed by atoms with Crippen molar-refractivity contribution in [1.29, 1.82) is 0 Å². The summed E-state index contributed by atoms with van der Waals surface area (Å²) < 4.78 is 11.1. The number of benzene rings is 1. The van der Waals surface area contributed by atoms with Gasteiger partial charge in [-0.1, -0.05) is 0 Å². The quantitative estimate of drug-likeness (QED) is 0.931. The highest BCUT2D eigenvalue weighted by Crippen LogP contribution is 2.36. The molecule has 130 valence electrons. The van der Waals surface area contributed by atoms with Gasteiger partial charge in [-0.3, -0.25) is 4.79 Å². The van der Waals surface area contributed by atoms with Crippen molar-refractivity contribution in [2.75, 3.05) is 32.1 Å². The number of pyridine rings is 1. The average molecular weight is 339 g/mol. The van der Waals surface area contributed by atoms with Crippen molar-refractivity contribution in [3.05, 3.63) is 47.7 Å². The fourth-order valence-electron chi connectivity index (χ4n) is 3.49. The highest BCUT2D eigenvalue weighted by atomic mass is 16.6. The van der Waals surface area contributed by atoms with Gasteiger partial charge in [-0.2, -0.15) is 0 Å². The topological polar surface area (TPSA) is 63.7 Å². The Morgan fingerprint density at radius 1 is 1.20 bits per heavy atom. The second-order valence-corrected chi connectivity index (χ2v) is 6.24. The Morgan fingerprint density at radius 3 is 2.88 bits per heavy atom. The normalized spacial score (nSPS) is 18.9. The molecule has 0 radical (unpaired) electrons. The minimum absolute atomic E-state index is 0.0299. The van der Waals surface area contributed by atoms with E-state index in [-0.39, 0.29) is 11.9 Å². The largest absolute Gasteiger partial charge is 0.486 e. The van der Waals surface area contributed by atoms with Gasteiger partial charge < -0.3 is 19.7 Å². The number of nitrogens with zero attached hydrogens (tertiary/aromatic N) is 2. The van der Waals surface area contributed by atoms with E-state index < -0.39 is 0 Å². The van der Waals surface area contributed by atoms with Crippen molar-refractivity contribution in [3.8, 4) is 11.5 Å². The minimum atomic E-state index is 0.0299. The van der Waals surface area contributed by atoms with Gasteiger partial charge in [0.2, 0.25) is 0 Å². The molecule has 2 aliphatic heterocycles. The SMILES string of the molecule is CNc1cc([C@H]2CCCN2C(=O)c2ccc3c(c2)OCCO3)ccn1. The first-order chi connectivity index (χ1) is 12.3. The van der Waals surface area contributed by atoms with E-state index in [9.17, 15) is 4.79 Å². The van der Waals surface area contributed by atoms with Gasteiger partial charge in [0.1, 0.15) is 19.0 Å². The molecule has 0 unspecified atom stereocenters. The zero-order valence-corrected chi connectivity index (χ0v) is 14.2. The summed E-state index contributed by atoms with van der Waals surface area (Å²) in [7, 11) is 1.85. The first-order valence-electron chi connectivity index (χ1n) is 8.60. The molecule has 2 aliphatic rings. The second-order valence-electron chi connectivity index (χ2n) is 6.24. The molecule has 3 heterocycles. The molecule has 1 aromatic carbocycles. The maximum atomic E-state index is 13.1. The van der Waals surface area contributed by atoms with Crippen LogP contribution in [0.1, 0.15) is 34.8 Å². The molecule has 1 atom stereocenters. The summed E-state index contributed by atoms with van der Waals surface area (Å²) in [6.45, 7) is 1.82. The van der Waals surface area contributed by atoms with Crippen LogP contribution < -0.4 is 14.8 Å². The number of rotatable bonds is 3. The number of fused-ring (bicyclic) bond motifs is 1. The van der Waals surface area contributed by atoms with Crippen LogP contribution in [0, 0.1) is 0 Å². The van der Waals surface area contributed by atoms with Crippen molar-refractivity contribution in [1.82, 2.24) is 9.88 Å². The van der Waals surface area contributed by atoms with Gasteiger partial charge >= 0.3 is 0 Å². The summed E-state index contributed by atoms with van der Waals surface area (Å²) in [4.78, 5) is 19.3. The highest BCUT2D eigenvalue weighted by molar-refractivity contribution is 5.95. The van der Waals surface area contributed by atoms with E-state index in [1.807, 2.05) is 36.2 Å². The number of hydrogen-bond acceptors (Lipinski definition) is 5. The van der Waals surface area contributed by atoms with Crippen LogP contribution in [0.15, 0.2) is 36.5 Å². The molecule has 1 saturated heterocycles. The number of likely N-dealkylation sites (tertiary alicyclic amines) is 1. The van der Waals surface area contributed by atoms with Crippen LogP contribution >= 0.6 is 0 Å². The molecule has 0 bridgehead atoms. The van der Waals surface area contributed by atoms with Gasteiger partial charge in [-0.15, -0.1) is 0 Å². The van der Waals surface area contributed by atoms with Crippen LogP contribution in [-0.4, -0.2) is 42.6 Å². The van der Waals surface area contributed by atoms with Gasteiger partial charge in [-0.05, 0) is 48.7 Å². The van der Waals surface area contributed by atoms with Crippen LogP contribution in [0.3, 0.4) is 0 Å². The maximum absolute atomic E-state index is 13.1. The number of amides is 1. The molecule has 4 rings (SSSR count). The molecule has 0 spiro atoms. The number of carbonyl (C=O) groups is 1. The first-order valence-corrected chi connectivity index (χ1v) is 8.60. The number of aromatic nitrogens is 1. The van der Waals surface area contributed by atoms with Gasteiger partial charge in [0.05, 0.1) is 6.04 Å². The molecule has 1 fully saturated rings. The third-order valence-electron chi connectivity index (χ3n) is 4.73. The molecular formula is C19H21N3O3. The zero-order valence-electron chi connectivity index (χ0n) is 14.2. The van der Waals surface area contributed by atoms with Gasteiger partial charge in [0.15, 0.2) is 11.5 Å². The highest BCUT2D eigenvalue weighted by Gasteiger charge is 2.31. The molecule has 2 aromatic rings. The number of anilines is 1. The molecule has 0 saturated carbocycles. The van der Waals surface area contributed by atoms with Crippen LogP contribution in [0.5, 0.6) is 11.5 Å². The van der Waals surface area contributed by atoms with E-state index in [1.54, 1.807) is 12.3 Å². The molecule has 1 aromatic heterocycles. The van der Waals surface area contributed by atoms with E-state index in [1.165, 1.54) is 0 Å². The summed E-state index contributed by atoms with van der Waals surface area (Å²) in [6.07, 6.45) is 3.74. The summed E-state index contributed by atoms with van der Waals surface area (Å²) in [5.41, 5.74) is 1.75.